The van der Waals surface area contributed by atoms with Gasteiger partial charge in [-0.2, -0.15) is 4.31 Å². The van der Waals surface area contributed by atoms with Gasteiger partial charge in [0.1, 0.15) is 0 Å². The topological polar surface area (TPSA) is 66.5 Å². The van der Waals surface area contributed by atoms with E-state index in [9.17, 15) is 13.2 Å². The standard InChI is InChI=1S/C25H26N2O3S/c1-19-15-17-27(18-16-19)31(29,30)23-12-10-22(11-13-23)26-25(28)14-9-21-7-4-6-20-5-2-3-8-24(20)21/h2-14,19H,15-18H2,1H3,(H,26,28)/b14-9+. The maximum absolute atomic E-state index is 12.8. The number of anilines is 1. The number of fused-ring (bicyclic) bond motifs is 1. The Bertz CT molecular complexity index is 1200. The fraction of sp³-hybridized carbons (Fsp3) is 0.240. The van der Waals surface area contributed by atoms with E-state index in [0.717, 1.165) is 29.2 Å². The highest BCUT2D eigenvalue weighted by atomic mass is 32.2. The molecule has 31 heavy (non-hydrogen) atoms. The van der Waals surface area contributed by atoms with E-state index >= 15 is 0 Å². The SMILES string of the molecule is CC1CCN(S(=O)(=O)c2ccc(NC(=O)/C=C/c3cccc4ccccc34)cc2)CC1. The van der Waals surface area contributed by atoms with Crippen LogP contribution < -0.4 is 5.32 Å². The first-order valence-electron chi connectivity index (χ1n) is 10.5. The first-order chi connectivity index (χ1) is 14.9. The molecule has 6 heteroatoms. The van der Waals surface area contributed by atoms with Crippen LogP contribution in [0, 0.1) is 5.92 Å². The molecule has 0 spiro atoms. The van der Waals surface area contributed by atoms with E-state index in [4.69, 9.17) is 0 Å². The third kappa shape index (κ3) is 4.86. The number of carbonyl (C=O) groups excluding carboxylic acids is 1. The molecule has 5 nitrogen and oxygen atoms in total. The first-order valence-corrected chi connectivity index (χ1v) is 11.9. The van der Waals surface area contributed by atoms with Crippen LogP contribution in [-0.2, 0) is 14.8 Å². The van der Waals surface area contributed by atoms with Crippen LogP contribution in [0.15, 0.2) is 77.7 Å². The number of benzene rings is 3. The monoisotopic (exact) mass is 434 g/mol. The summed E-state index contributed by atoms with van der Waals surface area (Å²) in [5.74, 6) is 0.291. The number of piperidine rings is 1. The van der Waals surface area contributed by atoms with Gasteiger partial charge in [0.2, 0.25) is 15.9 Å². The highest BCUT2D eigenvalue weighted by Crippen LogP contribution is 2.24. The Morgan fingerprint density at radius 1 is 0.968 bits per heavy atom. The molecular weight excluding hydrogens is 408 g/mol. The summed E-state index contributed by atoms with van der Waals surface area (Å²) in [5.41, 5.74) is 1.52. The second-order valence-electron chi connectivity index (χ2n) is 8.00. The maximum Gasteiger partial charge on any atom is 0.248 e. The molecule has 0 saturated carbocycles. The Morgan fingerprint density at radius 3 is 2.39 bits per heavy atom. The predicted molar refractivity (Wildman–Crippen MR) is 125 cm³/mol. The number of hydrogen-bond acceptors (Lipinski definition) is 3. The molecule has 1 aliphatic rings. The molecular formula is C25H26N2O3S. The molecule has 1 aliphatic heterocycles. The van der Waals surface area contributed by atoms with Crippen molar-refractivity contribution in [2.75, 3.05) is 18.4 Å². The molecule has 0 bridgehead atoms. The third-order valence-electron chi connectivity index (χ3n) is 5.74. The Labute approximate surface area is 183 Å². The Morgan fingerprint density at radius 2 is 1.65 bits per heavy atom. The van der Waals surface area contributed by atoms with Crippen LogP contribution in [0.5, 0.6) is 0 Å². The lowest BCUT2D eigenvalue weighted by atomic mass is 10.0. The quantitative estimate of drug-likeness (QED) is 0.580. The Hall–Kier alpha value is -2.96. The molecule has 0 unspecified atom stereocenters. The minimum atomic E-state index is -3.49. The second-order valence-corrected chi connectivity index (χ2v) is 9.94. The van der Waals surface area contributed by atoms with Gasteiger partial charge in [-0.05, 0) is 65.4 Å². The fourth-order valence-corrected chi connectivity index (χ4v) is 5.30. The molecule has 0 radical (unpaired) electrons. The molecule has 3 aromatic rings. The summed E-state index contributed by atoms with van der Waals surface area (Å²) in [7, 11) is -3.49. The van der Waals surface area contributed by atoms with Gasteiger partial charge in [-0.15, -0.1) is 0 Å². The normalized spacial score (nSPS) is 16.0. The van der Waals surface area contributed by atoms with E-state index in [2.05, 4.69) is 12.2 Å². The second kappa shape index (κ2) is 9.04. The zero-order valence-electron chi connectivity index (χ0n) is 17.5. The van der Waals surface area contributed by atoms with Gasteiger partial charge in [0.05, 0.1) is 4.90 Å². The third-order valence-corrected chi connectivity index (χ3v) is 7.65. The maximum atomic E-state index is 12.8. The van der Waals surface area contributed by atoms with Crippen LogP contribution in [0.3, 0.4) is 0 Å². The van der Waals surface area contributed by atoms with E-state index in [1.54, 1.807) is 34.6 Å². The highest BCUT2D eigenvalue weighted by Gasteiger charge is 2.27. The summed E-state index contributed by atoms with van der Waals surface area (Å²) in [5, 5.41) is 4.99. The van der Waals surface area contributed by atoms with Gasteiger partial charge in [-0.25, -0.2) is 8.42 Å². The summed E-state index contributed by atoms with van der Waals surface area (Å²) in [6.07, 6.45) is 5.04. The largest absolute Gasteiger partial charge is 0.323 e. The average molecular weight is 435 g/mol. The summed E-state index contributed by atoms with van der Waals surface area (Å²) < 4.78 is 27.2. The van der Waals surface area contributed by atoms with E-state index in [1.165, 1.54) is 6.08 Å². The molecule has 1 amide bonds. The van der Waals surface area contributed by atoms with Crippen molar-refractivity contribution in [2.24, 2.45) is 5.92 Å². The minimum Gasteiger partial charge on any atom is -0.323 e. The number of hydrogen-bond donors (Lipinski definition) is 1. The summed E-state index contributed by atoms with van der Waals surface area (Å²) in [6.45, 7) is 3.26. The molecule has 1 saturated heterocycles. The molecule has 0 atom stereocenters. The van der Waals surface area contributed by atoms with Gasteiger partial charge in [-0.3, -0.25) is 4.79 Å². The van der Waals surface area contributed by atoms with Crippen molar-refractivity contribution >= 4 is 38.5 Å². The van der Waals surface area contributed by atoms with E-state index in [0.29, 0.717) is 24.7 Å². The molecule has 0 aromatic heterocycles. The molecule has 3 aromatic carbocycles. The Kier molecular flexibility index (Phi) is 6.20. The van der Waals surface area contributed by atoms with Crippen molar-refractivity contribution < 1.29 is 13.2 Å². The van der Waals surface area contributed by atoms with Crippen molar-refractivity contribution in [2.45, 2.75) is 24.7 Å². The zero-order chi connectivity index (χ0) is 21.8. The summed E-state index contributed by atoms with van der Waals surface area (Å²) in [4.78, 5) is 12.6. The first kappa shape index (κ1) is 21.3. The van der Waals surface area contributed by atoms with Crippen molar-refractivity contribution in [1.29, 1.82) is 0 Å². The number of nitrogens with zero attached hydrogens (tertiary/aromatic N) is 1. The van der Waals surface area contributed by atoms with Crippen LogP contribution >= 0.6 is 0 Å². The lowest BCUT2D eigenvalue weighted by molar-refractivity contribution is -0.111. The van der Waals surface area contributed by atoms with Gasteiger partial charge < -0.3 is 5.32 Å². The lowest BCUT2D eigenvalue weighted by Crippen LogP contribution is -2.37. The van der Waals surface area contributed by atoms with Crippen molar-refractivity contribution in [3.8, 4) is 0 Å². The van der Waals surface area contributed by atoms with Crippen LogP contribution in [0.2, 0.25) is 0 Å². The van der Waals surface area contributed by atoms with Gasteiger partial charge in [-0.1, -0.05) is 49.4 Å². The van der Waals surface area contributed by atoms with Crippen LogP contribution in [0.25, 0.3) is 16.8 Å². The van der Waals surface area contributed by atoms with Gasteiger partial charge in [0, 0.05) is 24.9 Å². The average Bonchev–Trinajstić information content (AvgIpc) is 2.78. The number of sulfonamides is 1. The van der Waals surface area contributed by atoms with Gasteiger partial charge in [0.15, 0.2) is 0 Å². The molecule has 1 N–H and O–H groups in total. The van der Waals surface area contributed by atoms with Crippen LogP contribution in [-0.4, -0.2) is 31.7 Å². The van der Waals surface area contributed by atoms with E-state index in [-0.39, 0.29) is 10.8 Å². The number of nitrogens with one attached hydrogen (secondary N) is 1. The molecule has 4 rings (SSSR count). The molecule has 0 aliphatic carbocycles. The summed E-state index contributed by atoms with van der Waals surface area (Å²) >= 11 is 0. The van der Waals surface area contributed by atoms with Crippen LogP contribution in [0.4, 0.5) is 5.69 Å². The minimum absolute atomic E-state index is 0.256. The number of amides is 1. The number of rotatable bonds is 5. The van der Waals surface area contributed by atoms with Crippen LogP contribution in [0.1, 0.15) is 25.3 Å². The highest BCUT2D eigenvalue weighted by molar-refractivity contribution is 7.89. The molecule has 1 heterocycles. The van der Waals surface area contributed by atoms with Crippen molar-refractivity contribution in [3.63, 3.8) is 0 Å². The molecule has 1 fully saturated rings. The zero-order valence-corrected chi connectivity index (χ0v) is 18.3. The smallest absolute Gasteiger partial charge is 0.248 e. The Balaban J connectivity index is 1.43. The van der Waals surface area contributed by atoms with Crippen molar-refractivity contribution in [3.05, 3.63) is 78.4 Å². The fourth-order valence-electron chi connectivity index (χ4n) is 3.83. The van der Waals surface area contributed by atoms with Crippen molar-refractivity contribution in [1.82, 2.24) is 4.31 Å². The number of carbonyl (C=O) groups is 1. The lowest BCUT2D eigenvalue weighted by Gasteiger charge is -2.29. The van der Waals surface area contributed by atoms with E-state index in [1.807, 2.05) is 42.5 Å². The van der Waals surface area contributed by atoms with E-state index < -0.39 is 10.0 Å². The molecule has 160 valence electrons. The van der Waals surface area contributed by atoms with Gasteiger partial charge >= 0.3 is 0 Å². The predicted octanol–water partition coefficient (Wildman–Crippen LogP) is 4.91. The summed E-state index contributed by atoms with van der Waals surface area (Å²) in [6, 6.07) is 20.3. The van der Waals surface area contributed by atoms with Gasteiger partial charge in [0.25, 0.3) is 0 Å².